The Bertz CT molecular complexity index is 649. The number of carbonyl (C=O) groups is 1. The zero-order valence-electron chi connectivity index (χ0n) is 11.2. The van der Waals surface area contributed by atoms with Gasteiger partial charge < -0.3 is 5.11 Å². The van der Waals surface area contributed by atoms with Crippen LogP contribution < -0.4 is 4.72 Å². The lowest BCUT2D eigenvalue weighted by molar-refractivity contribution is 0.0696. The number of benzene rings is 1. The maximum atomic E-state index is 12.2. The first-order chi connectivity index (χ1) is 9.38. The van der Waals surface area contributed by atoms with Gasteiger partial charge in [0.1, 0.15) is 0 Å². The Kier molecular flexibility index (Phi) is 4.25. The van der Waals surface area contributed by atoms with Crippen molar-refractivity contribution < 1.29 is 18.3 Å². The first-order valence-corrected chi connectivity index (χ1v) is 7.88. The van der Waals surface area contributed by atoms with Gasteiger partial charge in [0.25, 0.3) is 0 Å². The first-order valence-electron chi connectivity index (χ1n) is 6.40. The van der Waals surface area contributed by atoms with Gasteiger partial charge in [-0.25, -0.2) is 17.9 Å². The molecule has 108 valence electrons. The Labute approximate surface area is 118 Å². The van der Waals surface area contributed by atoms with Gasteiger partial charge in [-0.05, 0) is 44.4 Å². The zero-order valence-corrected chi connectivity index (χ0v) is 12.0. The molecule has 1 unspecified atom stereocenters. The molecule has 20 heavy (non-hydrogen) atoms. The predicted molar refractivity (Wildman–Crippen MR) is 75.1 cm³/mol. The molecule has 0 radical (unpaired) electrons. The topological polar surface area (TPSA) is 83.5 Å². The number of allylic oxidation sites excluding steroid dienone is 1. The van der Waals surface area contributed by atoms with Crippen LogP contribution >= 0.6 is 0 Å². The molecule has 2 N–H and O–H groups in total. The lowest BCUT2D eigenvalue weighted by Crippen LogP contribution is -2.35. The molecule has 0 spiro atoms. The van der Waals surface area contributed by atoms with Crippen LogP contribution in [0.2, 0.25) is 0 Å². The highest BCUT2D eigenvalue weighted by atomic mass is 32.2. The molecule has 1 aromatic carbocycles. The van der Waals surface area contributed by atoms with Crippen molar-refractivity contribution in [2.75, 3.05) is 0 Å². The van der Waals surface area contributed by atoms with Crippen molar-refractivity contribution in [3.63, 3.8) is 0 Å². The molecule has 0 aliphatic heterocycles. The van der Waals surface area contributed by atoms with Gasteiger partial charge in [0.05, 0.1) is 10.5 Å². The fourth-order valence-electron chi connectivity index (χ4n) is 2.16. The zero-order chi connectivity index (χ0) is 14.8. The van der Waals surface area contributed by atoms with E-state index in [9.17, 15) is 13.2 Å². The van der Waals surface area contributed by atoms with E-state index in [2.05, 4.69) is 4.72 Å². The third kappa shape index (κ3) is 3.46. The Hall–Kier alpha value is -1.66. The van der Waals surface area contributed by atoms with E-state index in [4.69, 9.17) is 5.11 Å². The van der Waals surface area contributed by atoms with Gasteiger partial charge in [-0.15, -0.1) is 0 Å². The van der Waals surface area contributed by atoms with E-state index in [1.807, 2.05) is 13.0 Å². The van der Waals surface area contributed by atoms with Gasteiger partial charge in [0.15, 0.2) is 0 Å². The van der Waals surface area contributed by atoms with Crippen molar-refractivity contribution in [1.82, 2.24) is 4.72 Å². The largest absolute Gasteiger partial charge is 0.478 e. The van der Waals surface area contributed by atoms with E-state index in [-0.39, 0.29) is 16.5 Å². The smallest absolute Gasteiger partial charge is 0.335 e. The van der Waals surface area contributed by atoms with E-state index in [0.29, 0.717) is 6.42 Å². The van der Waals surface area contributed by atoms with Crippen LogP contribution in [0.15, 0.2) is 40.8 Å². The molecule has 1 aliphatic carbocycles. The predicted octanol–water partition coefficient (Wildman–Crippen LogP) is 2.16. The Morgan fingerprint density at radius 1 is 1.40 bits per heavy atom. The normalized spacial score (nSPS) is 19.4. The molecule has 0 amide bonds. The third-order valence-corrected chi connectivity index (χ3v) is 4.87. The molecule has 0 fully saturated rings. The minimum atomic E-state index is -3.68. The van der Waals surface area contributed by atoms with Gasteiger partial charge in [-0.2, -0.15) is 0 Å². The van der Waals surface area contributed by atoms with Crippen molar-refractivity contribution in [3.8, 4) is 0 Å². The van der Waals surface area contributed by atoms with Gasteiger partial charge in [0, 0.05) is 6.04 Å². The Balaban J connectivity index is 2.18. The number of carboxylic acid groups (broad SMARTS) is 1. The molecule has 0 bridgehead atoms. The molecule has 2 rings (SSSR count). The molecule has 6 heteroatoms. The molecule has 1 atom stereocenters. The van der Waals surface area contributed by atoms with Crippen molar-refractivity contribution in [2.24, 2.45) is 0 Å². The molecule has 1 aromatic rings. The van der Waals surface area contributed by atoms with Crippen molar-refractivity contribution in [1.29, 1.82) is 0 Å². The quantitative estimate of drug-likeness (QED) is 0.834. The summed E-state index contributed by atoms with van der Waals surface area (Å²) in [6, 6.07) is 5.25. The van der Waals surface area contributed by atoms with Crippen LogP contribution in [0, 0.1) is 0 Å². The summed E-state index contributed by atoms with van der Waals surface area (Å²) in [5.41, 5.74) is 1.24. The Morgan fingerprint density at radius 3 is 2.75 bits per heavy atom. The fraction of sp³-hybridized carbons (Fsp3) is 0.357. The molecule has 0 saturated carbocycles. The first kappa shape index (κ1) is 14.7. The summed E-state index contributed by atoms with van der Waals surface area (Å²) in [5.74, 6) is -1.14. The minimum Gasteiger partial charge on any atom is -0.478 e. The number of hydrogen-bond acceptors (Lipinski definition) is 3. The highest BCUT2D eigenvalue weighted by molar-refractivity contribution is 7.89. The molecule has 0 heterocycles. The summed E-state index contributed by atoms with van der Waals surface area (Å²) >= 11 is 0. The van der Waals surface area contributed by atoms with E-state index in [1.165, 1.54) is 29.8 Å². The highest BCUT2D eigenvalue weighted by Gasteiger charge is 2.22. The van der Waals surface area contributed by atoms with Gasteiger partial charge in [-0.3, -0.25) is 0 Å². The highest BCUT2D eigenvalue weighted by Crippen LogP contribution is 2.20. The Morgan fingerprint density at radius 2 is 2.15 bits per heavy atom. The van der Waals surface area contributed by atoms with Crippen LogP contribution in [0.25, 0.3) is 0 Å². The second-order valence-electron chi connectivity index (χ2n) is 4.98. The van der Waals surface area contributed by atoms with Crippen LogP contribution in [0.3, 0.4) is 0 Å². The van der Waals surface area contributed by atoms with E-state index >= 15 is 0 Å². The van der Waals surface area contributed by atoms with Gasteiger partial charge in [0.2, 0.25) is 10.0 Å². The summed E-state index contributed by atoms with van der Waals surface area (Å²) in [7, 11) is -3.68. The number of sulfonamides is 1. The van der Waals surface area contributed by atoms with E-state index in [0.717, 1.165) is 12.8 Å². The van der Waals surface area contributed by atoms with Crippen molar-refractivity contribution in [2.45, 2.75) is 37.1 Å². The minimum absolute atomic E-state index is 0.0105. The number of hydrogen-bond donors (Lipinski definition) is 2. The monoisotopic (exact) mass is 295 g/mol. The van der Waals surface area contributed by atoms with Crippen molar-refractivity contribution >= 4 is 16.0 Å². The van der Waals surface area contributed by atoms with Crippen LogP contribution in [0.5, 0.6) is 0 Å². The van der Waals surface area contributed by atoms with Gasteiger partial charge in [-0.1, -0.05) is 17.7 Å². The maximum absolute atomic E-state index is 12.2. The second-order valence-corrected chi connectivity index (χ2v) is 6.69. The lowest BCUT2D eigenvalue weighted by atomic mass is 9.97. The molecular formula is C14H17NO4S. The van der Waals surface area contributed by atoms with Crippen molar-refractivity contribution in [3.05, 3.63) is 41.5 Å². The summed E-state index contributed by atoms with van der Waals surface area (Å²) in [5, 5.41) is 8.90. The van der Waals surface area contributed by atoms with Crippen LogP contribution in [0.1, 0.15) is 36.5 Å². The molecule has 1 aliphatic rings. The fourth-order valence-corrected chi connectivity index (χ4v) is 3.48. The molecule has 0 aromatic heterocycles. The van der Waals surface area contributed by atoms with Gasteiger partial charge >= 0.3 is 5.97 Å². The summed E-state index contributed by atoms with van der Waals surface area (Å²) in [6.07, 6.45) is 4.34. The van der Waals surface area contributed by atoms with Crippen LogP contribution in [0.4, 0.5) is 0 Å². The average Bonchev–Trinajstić information content (AvgIpc) is 2.41. The lowest BCUT2D eigenvalue weighted by Gasteiger charge is -2.21. The summed E-state index contributed by atoms with van der Waals surface area (Å²) < 4.78 is 27.1. The molecule has 5 nitrogen and oxygen atoms in total. The maximum Gasteiger partial charge on any atom is 0.335 e. The number of aromatic carboxylic acids is 1. The van der Waals surface area contributed by atoms with Crippen LogP contribution in [-0.2, 0) is 10.0 Å². The van der Waals surface area contributed by atoms with E-state index in [1.54, 1.807) is 0 Å². The second kappa shape index (κ2) is 5.76. The third-order valence-electron chi connectivity index (χ3n) is 3.35. The van der Waals surface area contributed by atoms with E-state index < -0.39 is 16.0 Å². The number of carboxylic acids is 1. The standard InChI is InChI=1S/C14H17NO4S/c1-10-5-7-12(8-6-10)15-20(18,19)13-4-2-3-11(9-13)14(16)17/h2-5,9,12,15H,6-8H2,1H3,(H,16,17). The number of nitrogens with one attached hydrogen (secondary N) is 1. The SMILES string of the molecule is CC1=CCC(NS(=O)(=O)c2cccc(C(=O)O)c2)CC1. The average molecular weight is 295 g/mol. The summed E-state index contributed by atoms with van der Waals surface area (Å²) in [6.45, 7) is 2.03. The van der Waals surface area contributed by atoms with Crippen LogP contribution in [-0.4, -0.2) is 25.5 Å². The molecule has 0 saturated heterocycles. The molecular weight excluding hydrogens is 278 g/mol. The number of rotatable bonds is 4. The summed E-state index contributed by atoms with van der Waals surface area (Å²) in [4.78, 5) is 10.9.